The van der Waals surface area contributed by atoms with Crippen molar-refractivity contribution in [3.05, 3.63) is 12.2 Å². The molecule has 1 heterocycles. The molecule has 0 saturated carbocycles. The molecule has 26 heavy (non-hydrogen) atoms. The number of imide groups is 1. The zero-order valence-electron chi connectivity index (χ0n) is 15.8. The van der Waals surface area contributed by atoms with Crippen LogP contribution in [0.2, 0.25) is 0 Å². The molecule has 0 aromatic heterocycles. The lowest BCUT2D eigenvalue weighted by Crippen LogP contribution is -2.30. The molecule has 0 radical (unpaired) electrons. The number of Topliss-reactive ketones (excluding diaryl/α,β-unsaturated/α-hetero) is 1. The van der Waals surface area contributed by atoms with Gasteiger partial charge in [0.05, 0.1) is 5.92 Å². The zero-order chi connectivity index (χ0) is 19.5. The Morgan fingerprint density at radius 3 is 2.27 bits per heavy atom. The van der Waals surface area contributed by atoms with E-state index in [0.717, 1.165) is 25.8 Å². The Balaban J connectivity index is 2.17. The van der Waals surface area contributed by atoms with E-state index in [-0.39, 0.29) is 24.0 Å². The van der Waals surface area contributed by atoms with E-state index in [1.165, 1.54) is 17.1 Å². The van der Waals surface area contributed by atoms with E-state index in [1.54, 1.807) is 0 Å². The summed E-state index contributed by atoms with van der Waals surface area (Å²) < 4.78 is 0. The number of rotatable bonds is 14. The van der Waals surface area contributed by atoms with Crippen molar-refractivity contribution in [2.75, 3.05) is 27.2 Å². The first kappa shape index (κ1) is 22.0. The van der Waals surface area contributed by atoms with E-state index in [1.807, 2.05) is 14.1 Å². The summed E-state index contributed by atoms with van der Waals surface area (Å²) in [5.74, 6) is -2.10. The highest BCUT2D eigenvalue weighted by atomic mass is 16.4. The summed E-state index contributed by atoms with van der Waals surface area (Å²) in [5, 5.41) is 9.27. The van der Waals surface area contributed by atoms with Gasteiger partial charge in [-0.1, -0.05) is 12.8 Å². The summed E-state index contributed by atoms with van der Waals surface area (Å²) in [5.41, 5.74) is 0. The van der Waals surface area contributed by atoms with Gasteiger partial charge in [0.25, 0.3) is 11.8 Å². The van der Waals surface area contributed by atoms with Crippen molar-refractivity contribution >= 4 is 23.6 Å². The third kappa shape index (κ3) is 8.38. The minimum atomic E-state index is -0.901. The topological polar surface area (TPSA) is 95.0 Å². The number of aliphatic carboxylic acids is 1. The third-order valence-corrected chi connectivity index (χ3v) is 4.47. The van der Waals surface area contributed by atoms with Crippen LogP contribution in [-0.2, 0) is 19.2 Å². The summed E-state index contributed by atoms with van der Waals surface area (Å²) in [6.45, 7) is 1.28. The molecule has 1 atom stereocenters. The average Bonchev–Trinajstić information content (AvgIpc) is 2.88. The van der Waals surface area contributed by atoms with Gasteiger partial charge in [0.15, 0.2) is 0 Å². The number of hydrogen-bond donors (Lipinski definition) is 1. The monoisotopic (exact) mass is 366 g/mol. The second-order valence-corrected chi connectivity index (χ2v) is 7.05. The quantitative estimate of drug-likeness (QED) is 0.372. The molecule has 0 aromatic carbocycles. The standard InChI is InChI=1S/C19H30N2O5/c1-20(2)12-7-5-8-15(19(25)26)14-16(22)9-4-3-6-13-21-17(23)10-11-18(21)24/h10-11,15H,3-9,12-14H2,1-2H3,(H,25,26). The van der Waals surface area contributed by atoms with Gasteiger partial charge in [-0.25, -0.2) is 0 Å². The van der Waals surface area contributed by atoms with Gasteiger partial charge in [0, 0.05) is 31.5 Å². The molecule has 0 fully saturated rings. The molecule has 0 aliphatic carbocycles. The molecule has 7 heteroatoms. The molecule has 1 aliphatic rings. The van der Waals surface area contributed by atoms with Crippen LogP contribution in [0.5, 0.6) is 0 Å². The number of carbonyl (C=O) groups excluding carboxylic acids is 3. The second kappa shape index (κ2) is 11.6. The van der Waals surface area contributed by atoms with Crippen LogP contribution in [0.25, 0.3) is 0 Å². The van der Waals surface area contributed by atoms with Gasteiger partial charge < -0.3 is 10.0 Å². The molecule has 1 rings (SSSR count). The van der Waals surface area contributed by atoms with Gasteiger partial charge in [-0.2, -0.15) is 0 Å². The van der Waals surface area contributed by atoms with Crippen molar-refractivity contribution in [2.24, 2.45) is 5.92 Å². The van der Waals surface area contributed by atoms with Gasteiger partial charge in [-0.15, -0.1) is 0 Å². The van der Waals surface area contributed by atoms with Gasteiger partial charge >= 0.3 is 5.97 Å². The Morgan fingerprint density at radius 1 is 1.04 bits per heavy atom. The molecule has 0 spiro atoms. The average molecular weight is 366 g/mol. The van der Waals surface area contributed by atoms with Crippen LogP contribution in [0.1, 0.15) is 51.4 Å². The number of carboxylic acid groups (broad SMARTS) is 1. The van der Waals surface area contributed by atoms with E-state index in [4.69, 9.17) is 0 Å². The Bertz CT molecular complexity index is 524. The van der Waals surface area contributed by atoms with Crippen LogP contribution in [0.4, 0.5) is 0 Å². The highest BCUT2D eigenvalue weighted by Crippen LogP contribution is 2.16. The SMILES string of the molecule is CN(C)CCCCC(CC(=O)CCCCCN1C(=O)C=CC1=O)C(=O)O. The largest absolute Gasteiger partial charge is 0.481 e. The van der Waals surface area contributed by atoms with Crippen molar-refractivity contribution in [1.29, 1.82) is 0 Å². The van der Waals surface area contributed by atoms with Crippen LogP contribution in [-0.4, -0.2) is 65.7 Å². The number of hydrogen-bond acceptors (Lipinski definition) is 5. The molecule has 0 saturated heterocycles. The van der Waals surface area contributed by atoms with Crippen molar-refractivity contribution in [2.45, 2.75) is 51.4 Å². The molecule has 2 amide bonds. The molecule has 0 aromatic rings. The number of amides is 2. The minimum absolute atomic E-state index is 0.0278. The number of carbonyl (C=O) groups is 4. The molecule has 7 nitrogen and oxygen atoms in total. The van der Waals surface area contributed by atoms with Crippen molar-refractivity contribution in [3.63, 3.8) is 0 Å². The maximum atomic E-state index is 12.0. The lowest BCUT2D eigenvalue weighted by Gasteiger charge is -2.14. The lowest BCUT2D eigenvalue weighted by atomic mass is 9.94. The fraction of sp³-hybridized carbons (Fsp3) is 0.684. The van der Waals surface area contributed by atoms with Crippen LogP contribution in [0.15, 0.2) is 12.2 Å². The van der Waals surface area contributed by atoms with E-state index in [9.17, 15) is 24.3 Å². The van der Waals surface area contributed by atoms with Crippen LogP contribution >= 0.6 is 0 Å². The van der Waals surface area contributed by atoms with E-state index < -0.39 is 11.9 Å². The second-order valence-electron chi connectivity index (χ2n) is 7.05. The van der Waals surface area contributed by atoms with Gasteiger partial charge in [-0.3, -0.25) is 24.1 Å². The van der Waals surface area contributed by atoms with Crippen LogP contribution < -0.4 is 0 Å². The summed E-state index contributed by atoms with van der Waals surface area (Å²) in [6.07, 6.45) is 7.24. The molecule has 146 valence electrons. The van der Waals surface area contributed by atoms with Gasteiger partial charge in [-0.05, 0) is 46.3 Å². The lowest BCUT2D eigenvalue weighted by molar-refractivity contribution is -0.144. The molecular weight excluding hydrogens is 336 g/mol. The minimum Gasteiger partial charge on any atom is -0.481 e. The Hall–Kier alpha value is -2.02. The van der Waals surface area contributed by atoms with E-state index in [2.05, 4.69) is 4.90 Å². The number of unbranched alkanes of at least 4 members (excludes halogenated alkanes) is 3. The fourth-order valence-corrected chi connectivity index (χ4v) is 2.93. The Morgan fingerprint density at radius 2 is 1.69 bits per heavy atom. The van der Waals surface area contributed by atoms with E-state index in [0.29, 0.717) is 32.2 Å². The normalized spacial score (nSPS) is 15.1. The first-order chi connectivity index (χ1) is 12.3. The molecular formula is C19H30N2O5. The van der Waals surface area contributed by atoms with Crippen LogP contribution in [0, 0.1) is 5.92 Å². The van der Waals surface area contributed by atoms with Crippen molar-refractivity contribution in [3.8, 4) is 0 Å². The summed E-state index contributed by atoms with van der Waals surface area (Å²) >= 11 is 0. The first-order valence-corrected chi connectivity index (χ1v) is 9.24. The van der Waals surface area contributed by atoms with E-state index >= 15 is 0 Å². The summed E-state index contributed by atoms with van der Waals surface area (Å²) in [4.78, 5) is 49.4. The number of ketones is 1. The predicted molar refractivity (Wildman–Crippen MR) is 97.5 cm³/mol. The van der Waals surface area contributed by atoms with Gasteiger partial charge in [0.1, 0.15) is 5.78 Å². The first-order valence-electron chi connectivity index (χ1n) is 9.24. The van der Waals surface area contributed by atoms with Crippen molar-refractivity contribution in [1.82, 2.24) is 9.80 Å². The van der Waals surface area contributed by atoms with Crippen LogP contribution in [0.3, 0.4) is 0 Å². The summed E-state index contributed by atoms with van der Waals surface area (Å²) in [6, 6.07) is 0. The Kier molecular flexibility index (Phi) is 9.80. The highest BCUT2D eigenvalue weighted by Gasteiger charge is 2.23. The fourth-order valence-electron chi connectivity index (χ4n) is 2.93. The summed E-state index contributed by atoms with van der Waals surface area (Å²) in [7, 11) is 3.95. The maximum absolute atomic E-state index is 12.0. The zero-order valence-corrected chi connectivity index (χ0v) is 15.8. The molecule has 0 bridgehead atoms. The predicted octanol–water partition coefficient (Wildman–Crippen LogP) is 1.86. The number of carboxylic acids is 1. The maximum Gasteiger partial charge on any atom is 0.306 e. The molecule has 1 unspecified atom stereocenters. The number of nitrogens with zero attached hydrogens (tertiary/aromatic N) is 2. The molecule has 1 aliphatic heterocycles. The van der Waals surface area contributed by atoms with Crippen molar-refractivity contribution < 1.29 is 24.3 Å². The van der Waals surface area contributed by atoms with Gasteiger partial charge in [0.2, 0.25) is 0 Å². The highest BCUT2D eigenvalue weighted by molar-refractivity contribution is 6.12. The smallest absolute Gasteiger partial charge is 0.306 e. The Labute approximate surface area is 155 Å². The third-order valence-electron chi connectivity index (χ3n) is 4.47. The molecule has 1 N–H and O–H groups in total.